The van der Waals surface area contributed by atoms with Gasteiger partial charge in [0, 0.05) is 13.1 Å². The highest BCUT2D eigenvalue weighted by molar-refractivity contribution is 4.79. The van der Waals surface area contributed by atoms with Crippen molar-refractivity contribution in [1.29, 1.82) is 0 Å². The van der Waals surface area contributed by atoms with Crippen LogP contribution in [0.2, 0.25) is 0 Å². The molecule has 9 heavy (non-hydrogen) atoms. The standard InChI is InChI=1S/C6H15N3/c1-5(7)9(2)8-6-3-4-6/h5-6,8H,3-4,7H2,1-2H3. The van der Waals surface area contributed by atoms with Crippen molar-refractivity contribution in [3.8, 4) is 0 Å². The van der Waals surface area contributed by atoms with Gasteiger partial charge in [-0.05, 0) is 19.8 Å². The molecular weight excluding hydrogens is 114 g/mol. The summed E-state index contributed by atoms with van der Waals surface area (Å²) in [5, 5.41) is 1.96. The second-order valence-electron chi connectivity index (χ2n) is 2.75. The molecule has 1 unspecified atom stereocenters. The number of hydrazine groups is 1. The predicted molar refractivity (Wildman–Crippen MR) is 37.6 cm³/mol. The van der Waals surface area contributed by atoms with E-state index in [0.717, 1.165) is 0 Å². The highest BCUT2D eigenvalue weighted by atomic mass is 15.5. The van der Waals surface area contributed by atoms with Crippen LogP contribution in [0.25, 0.3) is 0 Å². The van der Waals surface area contributed by atoms with E-state index in [9.17, 15) is 0 Å². The summed E-state index contributed by atoms with van der Waals surface area (Å²) in [5.74, 6) is 0. The van der Waals surface area contributed by atoms with E-state index in [1.54, 1.807) is 0 Å². The van der Waals surface area contributed by atoms with Crippen LogP contribution in [0.5, 0.6) is 0 Å². The van der Waals surface area contributed by atoms with Gasteiger partial charge < -0.3 is 5.73 Å². The first-order valence-corrected chi connectivity index (χ1v) is 3.44. The maximum absolute atomic E-state index is 5.58. The van der Waals surface area contributed by atoms with E-state index in [0.29, 0.717) is 6.04 Å². The molecule has 0 spiro atoms. The molecule has 54 valence electrons. The van der Waals surface area contributed by atoms with Gasteiger partial charge in [0.25, 0.3) is 0 Å². The lowest BCUT2D eigenvalue weighted by Crippen LogP contribution is -2.46. The zero-order valence-corrected chi connectivity index (χ0v) is 6.09. The van der Waals surface area contributed by atoms with Crippen molar-refractivity contribution >= 4 is 0 Å². The summed E-state index contributed by atoms with van der Waals surface area (Å²) >= 11 is 0. The van der Waals surface area contributed by atoms with Crippen molar-refractivity contribution in [3.63, 3.8) is 0 Å². The van der Waals surface area contributed by atoms with Crippen LogP contribution in [0, 0.1) is 0 Å². The zero-order valence-electron chi connectivity index (χ0n) is 6.09. The molecule has 0 saturated heterocycles. The summed E-state index contributed by atoms with van der Waals surface area (Å²) in [6.45, 7) is 1.97. The number of nitrogens with two attached hydrogens (primary N) is 1. The van der Waals surface area contributed by atoms with E-state index in [1.165, 1.54) is 12.8 Å². The number of rotatable bonds is 3. The van der Waals surface area contributed by atoms with Crippen LogP contribution in [0.1, 0.15) is 19.8 Å². The molecule has 0 bridgehead atoms. The summed E-state index contributed by atoms with van der Waals surface area (Å²) in [5.41, 5.74) is 8.84. The Morgan fingerprint density at radius 1 is 1.67 bits per heavy atom. The van der Waals surface area contributed by atoms with E-state index in [2.05, 4.69) is 5.43 Å². The first-order chi connectivity index (χ1) is 4.20. The molecule has 1 aliphatic rings. The lowest BCUT2D eigenvalue weighted by Gasteiger charge is -2.21. The Labute approximate surface area is 56.2 Å². The van der Waals surface area contributed by atoms with Crippen LogP contribution < -0.4 is 11.2 Å². The van der Waals surface area contributed by atoms with Gasteiger partial charge in [-0.1, -0.05) is 0 Å². The summed E-state index contributed by atoms with van der Waals surface area (Å²) in [6, 6.07) is 0.709. The Balaban J connectivity index is 2.09. The molecule has 3 N–H and O–H groups in total. The topological polar surface area (TPSA) is 41.3 Å². The number of nitrogens with one attached hydrogen (secondary N) is 1. The van der Waals surface area contributed by atoms with Gasteiger partial charge in [0.15, 0.2) is 0 Å². The Morgan fingerprint density at radius 3 is 2.56 bits per heavy atom. The van der Waals surface area contributed by atoms with Gasteiger partial charge in [-0.3, -0.25) is 5.43 Å². The van der Waals surface area contributed by atoms with E-state index in [1.807, 2.05) is 19.0 Å². The van der Waals surface area contributed by atoms with Gasteiger partial charge in [-0.2, -0.15) is 0 Å². The third-order valence-corrected chi connectivity index (χ3v) is 1.57. The summed E-state index contributed by atoms with van der Waals surface area (Å²) < 4.78 is 0. The molecule has 1 rings (SSSR count). The minimum Gasteiger partial charge on any atom is -0.315 e. The van der Waals surface area contributed by atoms with Crippen LogP contribution in [-0.4, -0.2) is 24.3 Å². The van der Waals surface area contributed by atoms with Crippen molar-refractivity contribution in [1.82, 2.24) is 10.4 Å². The second kappa shape index (κ2) is 2.64. The fourth-order valence-corrected chi connectivity index (χ4v) is 0.618. The molecule has 0 aliphatic heterocycles. The highest BCUT2D eigenvalue weighted by Gasteiger charge is 2.22. The number of hydrogen-bond acceptors (Lipinski definition) is 3. The van der Waals surface area contributed by atoms with Crippen molar-refractivity contribution < 1.29 is 0 Å². The fraction of sp³-hybridized carbons (Fsp3) is 1.00. The molecule has 0 aromatic rings. The molecule has 0 amide bonds. The van der Waals surface area contributed by atoms with Crippen molar-refractivity contribution in [2.24, 2.45) is 5.73 Å². The molecule has 1 fully saturated rings. The van der Waals surface area contributed by atoms with Crippen LogP contribution in [0.4, 0.5) is 0 Å². The van der Waals surface area contributed by atoms with Gasteiger partial charge in [0.1, 0.15) is 0 Å². The van der Waals surface area contributed by atoms with Crippen molar-refractivity contribution in [2.45, 2.75) is 32.0 Å². The fourth-order valence-electron chi connectivity index (χ4n) is 0.618. The van der Waals surface area contributed by atoms with Gasteiger partial charge in [-0.25, -0.2) is 5.01 Å². The summed E-state index contributed by atoms with van der Waals surface area (Å²) in [7, 11) is 1.98. The largest absolute Gasteiger partial charge is 0.315 e. The Bertz CT molecular complexity index is 88.3. The monoisotopic (exact) mass is 129 g/mol. The normalized spacial score (nSPS) is 22.7. The van der Waals surface area contributed by atoms with Crippen LogP contribution in [0.15, 0.2) is 0 Å². The molecular formula is C6H15N3. The zero-order chi connectivity index (χ0) is 6.85. The first kappa shape index (κ1) is 6.99. The van der Waals surface area contributed by atoms with Crippen LogP contribution in [0.3, 0.4) is 0 Å². The molecule has 0 heterocycles. The van der Waals surface area contributed by atoms with E-state index < -0.39 is 0 Å². The van der Waals surface area contributed by atoms with Crippen molar-refractivity contribution in [3.05, 3.63) is 0 Å². The Hall–Kier alpha value is -0.120. The van der Waals surface area contributed by atoms with Crippen molar-refractivity contribution in [2.75, 3.05) is 7.05 Å². The lowest BCUT2D eigenvalue weighted by atomic mass is 10.6. The molecule has 0 radical (unpaired) electrons. The number of hydrogen-bond donors (Lipinski definition) is 2. The average molecular weight is 129 g/mol. The quantitative estimate of drug-likeness (QED) is 0.412. The van der Waals surface area contributed by atoms with Crippen LogP contribution in [-0.2, 0) is 0 Å². The minimum atomic E-state index is 0.116. The molecule has 0 aromatic carbocycles. The maximum atomic E-state index is 5.58. The molecule has 1 aliphatic carbocycles. The highest BCUT2D eigenvalue weighted by Crippen LogP contribution is 2.18. The Morgan fingerprint density at radius 2 is 2.22 bits per heavy atom. The summed E-state index contributed by atoms with van der Waals surface area (Å²) in [4.78, 5) is 0. The molecule has 0 aromatic heterocycles. The smallest absolute Gasteiger partial charge is 0.0676 e. The summed E-state index contributed by atoms with van der Waals surface area (Å²) in [6.07, 6.45) is 2.72. The van der Waals surface area contributed by atoms with Gasteiger partial charge in [-0.15, -0.1) is 0 Å². The molecule has 1 atom stereocenters. The second-order valence-corrected chi connectivity index (χ2v) is 2.75. The average Bonchev–Trinajstić information content (AvgIpc) is 2.50. The first-order valence-electron chi connectivity index (χ1n) is 3.44. The van der Waals surface area contributed by atoms with E-state index in [4.69, 9.17) is 5.73 Å². The van der Waals surface area contributed by atoms with Crippen LogP contribution >= 0.6 is 0 Å². The van der Waals surface area contributed by atoms with Gasteiger partial charge >= 0.3 is 0 Å². The van der Waals surface area contributed by atoms with E-state index in [-0.39, 0.29) is 6.17 Å². The SMILES string of the molecule is CC(N)N(C)NC1CC1. The number of nitrogens with zero attached hydrogens (tertiary/aromatic N) is 1. The van der Waals surface area contributed by atoms with E-state index >= 15 is 0 Å². The molecule has 3 nitrogen and oxygen atoms in total. The predicted octanol–water partition coefficient (Wildman–Crippen LogP) is -0.110. The lowest BCUT2D eigenvalue weighted by molar-refractivity contribution is 0.174. The molecule has 1 saturated carbocycles. The Kier molecular flexibility index (Phi) is 2.05. The van der Waals surface area contributed by atoms with Gasteiger partial charge in [0.05, 0.1) is 6.17 Å². The third kappa shape index (κ3) is 2.30. The third-order valence-electron chi connectivity index (χ3n) is 1.57. The molecule has 3 heteroatoms. The maximum Gasteiger partial charge on any atom is 0.0676 e. The van der Waals surface area contributed by atoms with Gasteiger partial charge in [0.2, 0.25) is 0 Å². The minimum absolute atomic E-state index is 0.116.